The molecule has 186 valence electrons. The average Bonchev–Trinajstić information content (AvgIpc) is 3.37. The Hall–Kier alpha value is -3.82. The summed E-state index contributed by atoms with van der Waals surface area (Å²) >= 11 is 0. The Kier molecular flexibility index (Phi) is 6.08. The number of carbonyl (C=O) groups is 2. The van der Waals surface area contributed by atoms with Gasteiger partial charge in [-0.3, -0.25) is 9.78 Å². The van der Waals surface area contributed by atoms with Crippen molar-refractivity contribution in [2.45, 2.75) is 58.0 Å². The second-order valence-electron chi connectivity index (χ2n) is 9.75. The maximum atomic E-state index is 13.1. The first-order valence-corrected chi connectivity index (χ1v) is 12.9. The minimum atomic E-state index is -0.329. The van der Waals surface area contributed by atoms with Crippen molar-refractivity contribution in [1.29, 1.82) is 0 Å². The Morgan fingerprint density at radius 1 is 0.861 bits per heavy atom. The lowest BCUT2D eigenvalue weighted by molar-refractivity contribution is 0.102. The second kappa shape index (κ2) is 9.67. The van der Waals surface area contributed by atoms with Crippen LogP contribution in [0.25, 0.3) is 11.5 Å². The van der Waals surface area contributed by atoms with E-state index in [0.717, 1.165) is 80.9 Å². The van der Waals surface area contributed by atoms with Crippen LogP contribution in [0.1, 0.15) is 59.5 Å². The minimum Gasteiger partial charge on any atom is -0.325 e. The Balaban J connectivity index is 1.17. The molecule has 0 spiro atoms. The molecule has 6 rings (SSSR count). The predicted molar refractivity (Wildman–Crippen MR) is 133 cm³/mol. The molecule has 0 atom stereocenters. The van der Waals surface area contributed by atoms with E-state index in [4.69, 9.17) is 0 Å². The number of amides is 3. The molecule has 0 saturated carbocycles. The molecule has 10 heteroatoms. The van der Waals surface area contributed by atoms with Crippen molar-refractivity contribution in [2.75, 3.05) is 25.0 Å². The van der Waals surface area contributed by atoms with Gasteiger partial charge in [0.15, 0.2) is 5.82 Å². The molecule has 0 bridgehead atoms. The zero-order valence-electron chi connectivity index (χ0n) is 20.3. The lowest BCUT2D eigenvalue weighted by Gasteiger charge is -2.35. The fraction of sp³-hybridized carbons (Fsp3) is 0.462. The zero-order valence-corrected chi connectivity index (χ0v) is 20.3. The summed E-state index contributed by atoms with van der Waals surface area (Å²) in [7, 11) is 0. The summed E-state index contributed by atoms with van der Waals surface area (Å²) in [6.07, 6.45) is 8.98. The van der Waals surface area contributed by atoms with Crippen molar-refractivity contribution in [3.05, 3.63) is 53.1 Å². The van der Waals surface area contributed by atoms with Crippen LogP contribution in [-0.4, -0.2) is 66.1 Å². The van der Waals surface area contributed by atoms with E-state index in [1.165, 1.54) is 6.42 Å². The van der Waals surface area contributed by atoms with Gasteiger partial charge in [-0.15, -0.1) is 10.2 Å². The SMILES string of the molecule is O=C(Nc1cccc(-c2nnc3n2CCCC3)n1)c1cc2c(cn1)CCN(C(=O)N1CCCCC1)C2. The molecule has 0 aromatic carbocycles. The van der Waals surface area contributed by atoms with Crippen LogP contribution in [0.15, 0.2) is 30.5 Å². The van der Waals surface area contributed by atoms with Crippen LogP contribution in [0.4, 0.5) is 10.6 Å². The van der Waals surface area contributed by atoms with Gasteiger partial charge in [-0.1, -0.05) is 6.07 Å². The highest BCUT2D eigenvalue weighted by molar-refractivity contribution is 6.02. The number of hydrogen-bond acceptors (Lipinski definition) is 6. The van der Waals surface area contributed by atoms with Gasteiger partial charge in [0.05, 0.1) is 0 Å². The number of likely N-dealkylation sites (tertiary alicyclic amines) is 1. The van der Waals surface area contributed by atoms with E-state index < -0.39 is 0 Å². The van der Waals surface area contributed by atoms with Crippen LogP contribution in [-0.2, 0) is 25.9 Å². The number of pyridine rings is 2. The number of anilines is 1. The Morgan fingerprint density at radius 2 is 1.72 bits per heavy atom. The van der Waals surface area contributed by atoms with Gasteiger partial charge in [0.1, 0.15) is 23.0 Å². The summed E-state index contributed by atoms with van der Waals surface area (Å²) < 4.78 is 2.11. The highest BCUT2D eigenvalue weighted by Gasteiger charge is 2.27. The maximum absolute atomic E-state index is 13.1. The maximum Gasteiger partial charge on any atom is 0.320 e. The van der Waals surface area contributed by atoms with Gasteiger partial charge in [-0.2, -0.15) is 0 Å². The van der Waals surface area contributed by atoms with Gasteiger partial charge in [-0.05, 0) is 67.9 Å². The molecular weight excluding hydrogens is 456 g/mol. The lowest BCUT2D eigenvalue weighted by Crippen LogP contribution is -2.47. The van der Waals surface area contributed by atoms with E-state index in [9.17, 15) is 9.59 Å². The second-order valence-corrected chi connectivity index (χ2v) is 9.75. The summed E-state index contributed by atoms with van der Waals surface area (Å²) in [5.74, 6) is 1.82. The molecule has 1 fully saturated rings. The third-order valence-electron chi connectivity index (χ3n) is 7.30. The number of rotatable bonds is 3. The van der Waals surface area contributed by atoms with Crippen molar-refractivity contribution >= 4 is 17.8 Å². The number of nitrogens with one attached hydrogen (secondary N) is 1. The number of piperidine rings is 1. The first kappa shape index (κ1) is 22.6. The predicted octanol–water partition coefficient (Wildman–Crippen LogP) is 3.29. The summed E-state index contributed by atoms with van der Waals surface area (Å²) in [6.45, 7) is 3.72. The van der Waals surface area contributed by atoms with Gasteiger partial charge >= 0.3 is 6.03 Å². The molecule has 3 aliphatic rings. The smallest absolute Gasteiger partial charge is 0.320 e. The molecule has 6 heterocycles. The van der Waals surface area contributed by atoms with Gasteiger partial charge in [0.2, 0.25) is 0 Å². The molecule has 3 aliphatic heterocycles. The van der Waals surface area contributed by atoms with Crippen LogP contribution in [0, 0.1) is 0 Å². The van der Waals surface area contributed by atoms with E-state index in [2.05, 4.69) is 30.0 Å². The van der Waals surface area contributed by atoms with Gasteiger partial charge in [-0.25, -0.2) is 9.78 Å². The summed E-state index contributed by atoms with van der Waals surface area (Å²) in [5.41, 5.74) is 3.06. The van der Waals surface area contributed by atoms with Crippen molar-refractivity contribution < 1.29 is 9.59 Å². The number of carbonyl (C=O) groups excluding carboxylic acids is 2. The Morgan fingerprint density at radius 3 is 2.61 bits per heavy atom. The number of fused-ring (bicyclic) bond motifs is 2. The van der Waals surface area contributed by atoms with Crippen LogP contribution < -0.4 is 5.32 Å². The standard InChI is InChI=1S/C26H30N8O2/c35-25(29-22-8-6-7-20(28-22)24-31-30-23-9-2-5-13-34(23)24)21-15-19-17-33(14-10-18(19)16-27-21)26(36)32-11-3-1-4-12-32/h6-8,15-16H,1-5,9-14,17H2,(H,28,29,35). The highest BCUT2D eigenvalue weighted by atomic mass is 16.2. The molecule has 0 radical (unpaired) electrons. The molecular formula is C26H30N8O2. The van der Waals surface area contributed by atoms with Crippen molar-refractivity contribution in [3.8, 4) is 11.5 Å². The van der Waals surface area contributed by atoms with Crippen LogP contribution >= 0.6 is 0 Å². The first-order valence-electron chi connectivity index (χ1n) is 12.9. The molecule has 0 unspecified atom stereocenters. The summed E-state index contributed by atoms with van der Waals surface area (Å²) in [5, 5.41) is 11.5. The van der Waals surface area contributed by atoms with E-state index in [1.807, 2.05) is 21.9 Å². The number of aromatic nitrogens is 5. The number of hydrogen-bond donors (Lipinski definition) is 1. The molecule has 3 aromatic rings. The van der Waals surface area contributed by atoms with Crippen molar-refractivity contribution in [3.63, 3.8) is 0 Å². The third-order valence-corrected chi connectivity index (χ3v) is 7.30. The molecule has 3 aromatic heterocycles. The van der Waals surface area contributed by atoms with E-state index in [1.54, 1.807) is 18.3 Å². The van der Waals surface area contributed by atoms with E-state index in [-0.39, 0.29) is 11.9 Å². The largest absolute Gasteiger partial charge is 0.325 e. The van der Waals surface area contributed by atoms with Gasteiger partial charge in [0, 0.05) is 45.3 Å². The highest BCUT2D eigenvalue weighted by Crippen LogP contribution is 2.24. The van der Waals surface area contributed by atoms with Crippen molar-refractivity contribution in [2.24, 2.45) is 0 Å². The normalized spacial score (nSPS) is 17.3. The average molecular weight is 487 g/mol. The first-order chi connectivity index (χ1) is 17.7. The molecule has 0 aliphatic carbocycles. The molecule has 1 N–H and O–H groups in total. The minimum absolute atomic E-state index is 0.0971. The Bertz CT molecular complexity index is 1300. The molecule has 3 amide bonds. The summed E-state index contributed by atoms with van der Waals surface area (Å²) in [6, 6.07) is 7.39. The van der Waals surface area contributed by atoms with Gasteiger partial charge in [0.25, 0.3) is 5.91 Å². The van der Waals surface area contributed by atoms with Crippen molar-refractivity contribution in [1.82, 2.24) is 34.5 Å². The van der Waals surface area contributed by atoms with Crippen LogP contribution in [0.3, 0.4) is 0 Å². The number of aryl methyl sites for hydroxylation is 1. The fourth-order valence-electron chi connectivity index (χ4n) is 5.32. The zero-order chi connectivity index (χ0) is 24.5. The molecule has 36 heavy (non-hydrogen) atoms. The van der Waals surface area contributed by atoms with E-state index in [0.29, 0.717) is 30.3 Å². The lowest BCUT2D eigenvalue weighted by atomic mass is 10.0. The fourth-order valence-corrected chi connectivity index (χ4v) is 5.32. The van der Waals surface area contributed by atoms with Crippen LogP contribution in [0.5, 0.6) is 0 Å². The third kappa shape index (κ3) is 4.43. The monoisotopic (exact) mass is 486 g/mol. The van der Waals surface area contributed by atoms with Crippen LogP contribution in [0.2, 0.25) is 0 Å². The number of urea groups is 1. The molecule has 10 nitrogen and oxygen atoms in total. The number of nitrogens with zero attached hydrogens (tertiary/aromatic N) is 7. The molecule has 1 saturated heterocycles. The quantitative estimate of drug-likeness (QED) is 0.609. The topological polar surface area (TPSA) is 109 Å². The van der Waals surface area contributed by atoms with E-state index >= 15 is 0 Å². The van der Waals surface area contributed by atoms with Gasteiger partial charge < -0.3 is 19.7 Å². The summed E-state index contributed by atoms with van der Waals surface area (Å²) in [4.78, 5) is 38.9. The Labute approximate surface area is 209 Å².